The van der Waals surface area contributed by atoms with Gasteiger partial charge in [0.25, 0.3) is 0 Å². The first-order valence-electron chi connectivity index (χ1n) is 7.29. The Bertz CT molecular complexity index is 571. The summed E-state index contributed by atoms with van der Waals surface area (Å²) in [6.45, 7) is 4.74. The summed E-state index contributed by atoms with van der Waals surface area (Å²) in [4.78, 5) is 6.59. The molecule has 1 aliphatic heterocycles. The highest BCUT2D eigenvalue weighted by Crippen LogP contribution is 2.29. The van der Waals surface area contributed by atoms with E-state index in [9.17, 15) is 0 Å². The summed E-state index contributed by atoms with van der Waals surface area (Å²) in [7, 11) is 0. The Labute approximate surface area is 120 Å². The van der Waals surface area contributed by atoms with Crippen LogP contribution in [0.4, 0.5) is 5.69 Å². The monoisotopic (exact) mass is 267 g/mol. The van der Waals surface area contributed by atoms with E-state index in [4.69, 9.17) is 5.73 Å². The van der Waals surface area contributed by atoms with Crippen molar-refractivity contribution >= 4 is 5.69 Å². The summed E-state index contributed by atoms with van der Waals surface area (Å²) in [6, 6.07) is 11.2. The lowest BCUT2D eigenvalue weighted by atomic mass is 10.0. The second kappa shape index (κ2) is 5.63. The number of aromatic nitrogens is 1. The van der Waals surface area contributed by atoms with Gasteiger partial charge in [-0.25, -0.2) is 0 Å². The lowest BCUT2D eigenvalue weighted by Crippen LogP contribution is -2.23. The summed E-state index contributed by atoms with van der Waals surface area (Å²) in [5.74, 6) is 0. The molecule has 3 nitrogen and oxygen atoms in total. The lowest BCUT2D eigenvalue weighted by molar-refractivity contribution is 0.263. The van der Waals surface area contributed by atoms with Crippen LogP contribution < -0.4 is 5.73 Å². The Hall–Kier alpha value is -1.87. The fraction of sp³-hybridized carbons (Fsp3) is 0.353. The fourth-order valence-corrected chi connectivity index (χ4v) is 2.95. The second-order valence-electron chi connectivity index (χ2n) is 5.50. The molecule has 3 heteroatoms. The van der Waals surface area contributed by atoms with Crippen LogP contribution in [0.25, 0.3) is 11.1 Å². The van der Waals surface area contributed by atoms with E-state index in [1.165, 1.54) is 31.5 Å². The quantitative estimate of drug-likeness (QED) is 0.925. The Morgan fingerprint density at radius 1 is 1.10 bits per heavy atom. The number of hydrogen-bond acceptors (Lipinski definition) is 3. The zero-order valence-corrected chi connectivity index (χ0v) is 11.9. The minimum Gasteiger partial charge on any atom is -0.397 e. The number of nitrogens with two attached hydrogens (primary N) is 1. The van der Waals surface area contributed by atoms with E-state index in [1.54, 1.807) is 12.4 Å². The van der Waals surface area contributed by atoms with Crippen LogP contribution >= 0.6 is 0 Å². The van der Waals surface area contributed by atoms with E-state index in [2.05, 4.69) is 41.1 Å². The molecule has 104 valence electrons. The van der Waals surface area contributed by atoms with Crippen molar-refractivity contribution in [1.82, 2.24) is 9.88 Å². The van der Waals surface area contributed by atoms with Gasteiger partial charge in [0.15, 0.2) is 0 Å². The molecule has 1 aromatic carbocycles. The number of anilines is 1. The van der Waals surface area contributed by atoms with Crippen molar-refractivity contribution in [2.75, 3.05) is 18.8 Å². The molecule has 1 fully saturated rings. The highest BCUT2D eigenvalue weighted by molar-refractivity contribution is 5.75. The average molecular weight is 267 g/mol. The molecule has 0 unspecified atom stereocenters. The van der Waals surface area contributed by atoms with Crippen molar-refractivity contribution in [3.05, 3.63) is 48.3 Å². The fourth-order valence-electron chi connectivity index (χ4n) is 2.95. The standard InChI is InChI=1S/C17H21N3/c1-13(20-10-2-3-11-20)14-4-6-15(7-5-14)16-8-9-19-12-17(16)18/h4-9,12-13H,2-3,10-11,18H2,1H3/t13-/m1/s1. The van der Waals surface area contributed by atoms with Gasteiger partial charge in [-0.15, -0.1) is 0 Å². The van der Waals surface area contributed by atoms with Crippen LogP contribution in [-0.2, 0) is 0 Å². The zero-order chi connectivity index (χ0) is 13.9. The van der Waals surface area contributed by atoms with Crippen LogP contribution in [0.3, 0.4) is 0 Å². The van der Waals surface area contributed by atoms with Crippen LogP contribution in [0.1, 0.15) is 31.4 Å². The van der Waals surface area contributed by atoms with Gasteiger partial charge >= 0.3 is 0 Å². The number of likely N-dealkylation sites (tertiary alicyclic amines) is 1. The van der Waals surface area contributed by atoms with Crippen molar-refractivity contribution in [2.24, 2.45) is 0 Å². The highest BCUT2D eigenvalue weighted by Gasteiger charge is 2.19. The number of rotatable bonds is 3. The van der Waals surface area contributed by atoms with Crippen LogP contribution in [0.5, 0.6) is 0 Å². The molecule has 1 saturated heterocycles. The minimum absolute atomic E-state index is 0.501. The summed E-state index contributed by atoms with van der Waals surface area (Å²) in [6.07, 6.45) is 6.15. The van der Waals surface area contributed by atoms with Crippen LogP contribution in [-0.4, -0.2) is 23.0 Å². The van der Waals surface area contributed by atoms with Gasteiger partial charge in [0.1, 0.15) is 0 Å². The maximum absolute atomic E-state index is 5.98. The Morgan fingerprint density at radius 2 is 1.80 bits per heavy atom. The molecule has 2 N–H and O–H groups in total. The molecule has 0 amide bonds. The molecule has 0 aliphatic carbocycles. The number of nitrogen functional groups attached to an aromatic ring is 1. The van der Waals surface area contributed by atoms with Crippen molar-refractivity contribution in [3.8, 4) is 11.1 Å². The van der Waals surface area contributed by atoms with Crippen molar-refractivity contribution in [2.45, 2.75) is 25.8 Å². The van der Waals surface area contributed by atoms with Gasteiger partial charge in [0.2, 0.25) is 0 Å². The highest BCUT2D eigenvalue weighted by atomic mass is 15.2. The number of nitrogens with zero attached hydrogens (tertiary/aromatic N) is 2. The molecule has 2 aromatic rings. The molecule has 0 radical (unpaired) electrons. The van der Waals surface area contributed by atoms with Crippen LogP contribution in [0, 0.1) is 0 Å². The van der Waals surface area contributed by atoms with Gasteiger partial charge in [-0.05, 0) is 50.0 Å². The van der Waals surface area contributed by atoms with E-state index >= 15 is 0 Å². The third kappa shape index (κ3) is 2.54. The van der Waals surface area contributed by atoms with Crippen molar-refractivity contribution in [1.29, 1.82) is 0 Å². The molecule has 0 saturated carbocycles. The number of hydrogen-bond donors (Lipinski definition) is 1. The van der Waals surface area contributed by atoms with Crippen LogP contribution in [0.2, 0.25) is 0 Å². The maximum atomic E-state index is 5.98. The van der Waals surface area contributed by atoms with Crippen molar-refractivity contribution in [3.63, 3.8) is 0 Å². The third-order valence-electron chi connectivity index (χ3n) is 4.24. The van der Waals surface area contributed by atoms with E-state index < -0.39 is 0 Å². The third-order valence-corrected chi connectivity index (χ3v) is 4.24. The maximum Gasteiger partial charge on any atom is 0.0580 e. The summed E-state index contributed by atoms with van der Waals surface area (Å²) in [5.41, 5.74) is 10.3. The molecule has 20 heavy (non-hydrogen) atoms. The molecular weight excluding hydrogens is 246 g/mol. The molecule has 0 spiro atoms. The van der Waals surface area contributed by atoms with Gasteiger partial charge in [-0.1, -0.05) is 24.3 Å². The molecular formula is C17H21N3. The molecule has 1 aromatic heterocycles. The Balaban J connectivity index is 1.82. The molecule has 1 atom stereocenters. The van der Waals surface area contributed by atoms with E-state index in [0.29, 0.717) is 6.04 Å². The van der Waals surface area contributed by atoms with E-state index in [-0.39, 0.29) is 0 Å². The first-order valence-corrected chi connectivity index (χ1v) is 7.29. The smallest absolute Gasteiger partial charge is 0.0580 e. The van der Waals surface area contributed by atoms with Crippen LogP contribution in [0.15, 0.2) is 42.7 Å². The van der Waals surface area contributed by atoms with E-state index in [0.717, 1.165) is 16.8 Å². The molecule has 2 heterocycles. The van der Waals surface area contributed by atoms with Gasteiger partial charge in [-0.2, -0.15) is 0 Å². The van der Waals surface area contributed by atoms with Gasteiger partial charge in [0, 0.05) is 17.8 Å². The normalized spacial score (nSPS) is 17.2. The molecule has 3 rings (SSSR count). The van der Waals surface area contributed by atoms with Gasteiger partial charge < -0.3 is 5.73 Å². The SMILES string of the molecule is C[C@H](c1ccc(-c2ccncc2N)cc1)N1CCCC1. The Morgan fingerprint density at radius 3 is 2.45 bits per heavy atom. The van der Waals surface area contributed by atoms with Gasteiger partial charge in [0.05, 0.1) is 11.9 Å². The lowest BCUT2D eigenvalue weighted by Gasteiger charge is -2.24. The summed E-state index contributed by atoms with van der Waals surface area (Å²) >= 11 is 0. The molecule has 0 bridgehead atoms. The first-order chi connectivity index (χ1) is 9.75. The largest absolute Gasteiger partial charge is 0.397 e. The Kier molecular flexibility index (Phi) is 3.70. The second-order valence-corrected chi connectivity index (χ2v) is 5.50. The van der Waals surface area contributed by atoms with Crippen molar-refractivity contribution < 1.29 is 0 Å². The number of pyridine rings is 1. The zero-order valence-electron chi connectivity index (χ0n) is 11.9. The number of benzene rings is 1. The summed E-state index contributed by atoms with van der Waals surface area (Å²) in [5, 5.41) is 0. The summed E-state index contributed by atoms with van der Waals surface area (Å²) < 4.78 is 0. The predicted molar refractivity (Wildman–Crippen MR) is 83.3 cm³/mol. The molecule has 1 aliphatic rings. The first kappa shape index (κ1) is 13.1. The predicted octanol–water partition coefficient (Wildman–Crippen LogP) is 3.49. The van der Waals surface area contributed by atoms with E-state index in [1.807, 2.05) is 6.07 Å². The topological polar surface area (TPSA) is 42.1 Å². The average Bonchev–Trinajstić information content (AvgIpc) is 3.01. The van der Waals surface area contributed by atoms with Gasteiger partial charge in [-0.3, -0.25) is 9.88 Å². The minimum atomic E-state index is 0.501.